The first-order valence-corrected chi connectivity index (χ1v) is 14.9. The largest absolute Gasteiger partial charge is 0.465 e. The van der Waals surface area contributed by atoms with Crippen LogP contribution < -0.4 is 10.6 Å². The number of carbonyl (C=O) groups excluding carboxylic acids is 1. The summed E-state index contributed by atoms with van der Waals surface area (Å²) in [7, 11) is -2.78. The lowest BCUT2D eigenvalue weighted by Crippen LogP contribution is -2.50. The zero-order valence-corrected chi connectivity index (χ0v) is 24.5. The molecule has 1 saturated heterocycles. The van der Waals surface area contributed by atoms with E-state index in [2.05, 4.69) is 30.5 Å². The first-order chi connectivity index (χ1) is 19.7. The molecular formula is C24H29F3N8O5S2. The molecule has 1 aromatic carbocycles. The van der Waals surface area contributed by atoms with Crippen molar-refractivity contribution < 1.29 is 36.3 Å². The molecule has 0 aliphatic carbocycles. The standard InChI is InChI=1S/C24H29F3N8O5S2/c1-14(11-34-7-9-35(10-8-34)42(39,40)21-15(2)31-22(41-21)32-23(37)38)30-19-16-5-4-6-17(18(16)28-13-29-19)20(36)33(3)12-24(25,26)27/h4-6,13-14H,7-12H2,1-3H3,(H,31,32)(H,37,38)(H,28,29,30). The number of aromatic nitrogens is 3. The average molecular weight is 631 g/mol. The Morgan fingerprint density at radius 3 is 2.52 bits per heavy atom. The summed E-state index contributed by atoms with van der Waals surface area (Å²) >= 11 is 0.766. The maximum atomic E-state index is 13.2. The Morgan fingerprint density at radius 2 is 1.88 bits per heavy atom. The van der Waals surface area contributed by atoms with Crippen LogP contribution in [0.2, 0.25) is 0 Å². The predicted octanol–water partition coefficient (Wildman–Crippen LogP) is 2.93. The van der Waals surface area contributed by atoms with Crippen LogP contribution in [0.15, 0.2) is 28.7 Å². The third-order valence-corrected chi connectivity index (χ3v) is 10.0. The van der Waals surface area contributed by atoms with E-state index < -0.39 is 34.7 Å². The first kappa shape index (κ1) is 31.3. The highest BCUT2D eigenvalue weighted by molar-refractivity contribution is 7.91. The Hall–Kier alpha value is -3.61. The lowest BCUT2D eigenvalue weighted by Gasteiger charge is -2.35. The van der Waals surface area contributed by atoms with Crippen LogP contribution in [0.25, 0.3) is 10.9 Å². The fourth-order valence-electron chi connectivity index (χ4n) is 4.62. The molecule has 3 heterocycles. The minimum atomic E-state index is -4.54. The second-order valence-corrected chi connectivity index (χ2v) is 12.9. The van der Waals surface area contributed by atoms with Gasteiger partial charge in [0.25, 0.3) is 15.9 Å². The molecular weight excluding hydrogens is 601 g/mol. The summed E-state index contributed by atoms with van der Waals surface area (Å²) in [6, 6.07) is 4.48. The number of amides is 2. The first-order valence-electron chi connectivity index (χ1n) is 12.7. The number of para-hydroxylation sites is 1. The van der Waals surface area contributed by atoms with Crippen molar-refractivity contribution in [1.29, 1.82) is 0 Å². The molecule has 42 heavy (non-hydrogen) atoms. The number of fused-ring (bicyclic) bond motifs is 1. The summed E-state index contributed by atoms with van der Waals surface area (Å²) < 4.78 is 66.2. The topological polar surface area (TPSA) is 161 Å². The van der Waals surface area contributed by atoms with Crippen LogP contribution in [0.3, 0.4) is 0 Å². The normalized spacial score (nSPS) is 15.9. The Bertz CT molecular complexity index is 1580. The summed E-state index contributed by atoms with van der Waals surface area (Å²) in [5, 5.41) is 14.7. The van der Waals surface area contributed by atoms with Gasteiger partial charge in [-0.1, -0.05) is 17.4 Å². The molecule has 4 rings (SSSR count). The summed E-state index contributed by atoms with van der Waals surface area (Å²) in [6.07, 6.45) is -4.63. The van der Waals surface area contributed by atoms with Gasteiger partial charge >= 0.3 is 12.3 Å². The zero-order valence-electron chi connectivity index (χ0n) is 22.8. The molecule has 1 unspecified atom stereocenters. The number of sulfonamides is 1. The number of alkyl halides is 3. The summed E-state index contributed by atoms with van der Waals surface area (Å²) in [5.74, 6) is -0.403. The van der Waals surface area contributed by atoms with E-state index in [4.69, 9.17) is 5.11 Å². The number of aryl methyl sites for hydroxylation is 1. The minimum Gasteiger partial charge on any atom is -0.465 e. The molecule has 0 bridgehead atoms. The number of piperazine rings is 1. The van der Waals surface area contributed by atoms with Crippen molar-refractivity contribution in [3.8, 4) is 0 Å². The number of rotatable bonds is 9. The van der Waals surface area contributed by atoms with E-state index in [9.17, 15) is 31.2 Å². The van der Waals surface area contributed by atoms with Crippen LogP contribution in [0.5, 0.6) is 0 Å². The molecule has 0 radical (unpaired) electrons. The van der Waals surface area contributed by atoms with Gasteiger partial charge in [0.15, 0.2) is 9.34 Å². The van der Waals surface area contributed by atoms with E-state index in [1.54, 1.807) is 12.1 Å². The van der Waals surface area contributed by atoms with Crippen molar-refractivity contribution in [2.45, 2.75) is 30.3 Å². The number of hydrogen-bond donors (Lipinski definition) is 3. The summed E-state index contributed by atoms with van der Waals surface area (Å²) in [4.78, 5) is 38.7. The van der Waals surface area contributed by atoms with Crippen molar-refractivity contribution in [2.24, 2.45) is 0 Å². The van der Waals surface area contributed by atoms with Gasteiger partial charge in [0, 0.05) is 51.2 Å². The van der Waals surface area contributed by atoms with E-state index in [1.807, 2.05) is 6.92 Å². The zero-order chi connectivity index (χ0) is 30.8. The summed E-state index contributed by atoms with van der Waals surface area (Å²) in [6.45, 7) is 3.88. The van der Waals surface area contributed by atoms with Crippen molar-refractivity contribution >= 4 is 55.2 Å². The van der Waals surface area contributed by atoms with Crippen LogP contribution in [0.4, 0.5) is 28.9 Å². The molecule has 1 fully saturated rings. The van der Waals surface area contributed by atoms with Gasteiger partial charge in [-0.25, -0.2) is 28.2 Å². The van der Waals surface area contributed by atoms with Crippen LogP contribution in [-0.2, 0) is 10.0 Å². The lowest BCUT2D eigenvalue weighted by atomic mass is 10.1. The van der Waals surface area contributed by atoms with Crippen LogP contribution >= 0.6 is 11.3 Å². The van der Waals surface area contributed by atoms with Crippen molar-refractivity contribution in [1.82, 2.24) is 29.1 Å². The van der Waals surface area contributed by atoms with E-state index in [1.165, 1.54) is 23.6 Å². The van der Waals surface area contributed by atoms with Crippen LogP contribution in [-0.4, -0.2) is 113 Å². The Kier molecular flexibility index (Phi) is 9.19. The third-order valence-electron chi connectivity index (χ3n) is 6.45. The number of nitrogens with one attached hydrogen (secondary N) is 2. The molecule has 228 valence electrons. The number of hydrogen-bond acceptors (Lipinski definition) is 10. The number of carbonyl (C=O) groups is 2. The molecule has 2 amide bonds. The quantitative estimate of drug-likeness (QED) is 0.321. The number of anilines is 2. The Labute approximate surface area is 243 Å². The molecule has 1 aliphatic heterocycles. The highest BCUT2D eigenvalue weighted by atomic mass is 32.2. The number of thiazole rings is 1. The van der Waals surface area contributed by atoms with Crippen molar-refractivity contribution in [2.75, 3.05) is 56.9 Å². The van der Waals surface area contributed by atoms with Crippen molar-refractivity contribution in [3.63, 3.8) is 0 Å². The molecule has 3 aromatic rings. The molecule has 13 nitrogen and oxygen atoms in total. The molecule has 1 atom stereocenters. The second-order valence-electron chi connectivity index (χ2n) is 9.77. The van der Waals surface area contributed by atoms with Gasteiger partial charge in [0.1, 0.15) is 18.7 Å². The third kappa shape index (κ3) is 7.23. The molecule has 18 heteroatoms. The number of benzene rings is 1. The highest BCUT2D eigenvalue weighted by Crippen LogP contribution is 2.30. The van der Waals surface area contributed by atoms with E-state index >= 15 is 0 Å². The van der Waals surface area contributed by atoms with Gasteiger partial charge < -0.3 is 15.3 Å². The molecule has 3 N–H and O–H groups in total. The molecule has 0 spiro atoms. The van der Waals surface area contributed by atoms with Gasteiger partial charge in [-0.2, -0.15) is 17.5 Å². The van der Waals surface area contributed by atoms with Crippen LogP contribution in [0.1, 0.15) is 23.0 Å². The van der Waals surface area contributed by atoms with E-state index in [0.29, 0.717) is 35.7 Å². The van der Waals surface area contributed by atoms with Gasteiger partial charge in [-0.15, -0.1) is 0 Å². The number of carboxylic acid groups (broad SMARTS) is 1. The van der Waals surface area contributed by atoms with Crippen molar-refractivity contribution in [3.05, 3.63) is 35.8 Å². The molecule has 2 aromatic heterocycles. The van der Waals surface area contributed by atoms with Crippen LogP contribution in [0, 0.1) is 6.92 Å². The summed E-state index contributed by atoms with van der Waals surface area (Å²) in [5.41, 5.74) is 0.467. The van der Waals surface area contributed by atoms with Gasteiger partial charge in [0.05, 0.1) is 16.8 Å². The number of halogens is 3. The maximum absolute atomic E-state index is 13.2. The van der Waals surface area contributed by atoms with E-state index in [0.717, 1.165) is 18.4 Å². The van der Waals surface area contributed by atoms with E-state index in [-0.39, 0.29) is 45.2 Å². The molecule has 1 aliphatic rings. The predicted molar refractivity (Wildman–Crippen MR) is 149 cm³/mol. The van der Waals surface area contributed by atoms with Gasteiger partial charge in [-0.05, 0) is 26.0 Å². The number of nitrogens with zero attached hydrogens (tertiary/aromatic N) is 6. The lowest BCUT2D eigenvalue weighted by molar-refractivity contribution is -0.138. The second kappa shape index (κ2) is 12.3. The SMILES string of the molecule is Cc1nc(NC(=O)O)sc1S(=O)(=O)N1CCN(CC(C)Nc2ncnc3c(C(=O)N(C)CC(F)(F)F)cccc23)CC1. The Balaban J connectivity index is 1.39. The smallest absolute Gasteiger partial charge is 0.410 e. The highest BCUT2D eigenvalue weighted by Gasteiger charge is 2.33. The Morgan fingerprint density at radius 1 is 1.19 bits per heavy atom. The average Bonchev–Trinajstić information content (AvgIpc) is 3.27. The maximum Gasteiger partial charge on any atom is 0.410 e. The molecule has 0 saturated carbocycles. The van der Waals surface area contributed by atoms with Gasteiger partial charge in [-0.3, -0.25) is 15.0 Å². The fourth-order valence-corrected chi connectivity index (χ4v) is 7.59. The monoisotopic (exact) mass is 630 g/mol. The fraction of sp³-hybridized carbons (Fsp3) is 0.458. The van der Waals surface area contributed by atoms with Gasteiger partial charge in [0.2, 0.25) is 0 Å². The minimum absolute atomic E-state index is 0.00664.